The molecule has 2 amide bonds. The lowest BCUT2D eigenvalue weighted by molar-refractivity contribution is -0.141. The highest BCUT2D eigenvalue weighted by Gasteiger charge is 2.31. The number of nitrogens with two attached hydrogens (primary N) is 1. The van der Waals surface area contributed by atoms with Crippen LogP contribution in [0.4, 0.5) is 0 Å². The van der Waals surface area contributed by atoms with Crippen LogP contribution < -0.4 is 11.1 Å². The fourth-order valence-corrected chi connectivity index (χ4v) is 5.87. The van der Waals surface area contributed by atoms with Crippen LogP contribution in [0, 0.1) is 5.92 Å². The minimum atomic E-state index is -1.15. The minimum Gasteiger partial charge on any atom is -0.480 e. The first-order valence-corrected chi connectivity index (χ1v) is 12.2. The van der Waals surface area contributed by atoms with Gasteiger partial charge in [-0.05, 0) is 42.5 Å². The van der Waals surface area contributed by atoms with Crippen LogP contribution in [0.5, 0.6) is 0 Å². The first-order chi connectivity index (χ1) is 15.1. The molecule has 0 spiro atoms. The second-order valence-corrected chi connectivity index (χ2v) is 10.1. The number of hydrogen-bond donors (Lipinski definition) is 3. The van der Waals surface area contributed by atoms with Crippen molar-refractivity contribution in [1.29, 1.82) is 0 Å². The van der Waals surface area contributed by atoms with E-state index in [4.69, 9.17) is 5.73 Å². The molecule has 7 nitrogen and oxygen atoms in total. The molecule has 1 heterocycles. The van der Waals surface area contributed by atoms with Crippen LogP contribution in [0.2, 0.25) is 0 Å². The Bertz CT molecular complexity index is 1190. The Hall–Kier alpha value is -3.04. The van der Waals surface area contributed by atoms with E-state index in [0.717, 1.165) is 9.40 Å². The molecule has 3 rings (SSSR count). The lowest BCUT2D eigenvalue weighted by Gasteiger charge is -2.25. The third kappa shape index (κ3) is 4.58. The molecule has 1 radical (unpaired) electrons. The number of nitrogens with one attached hydrogen (secondary N) is 1. The molecule has 0 bridgehead atoms. The number of hydrogen-bond acceptors (Lipinski definition) is 6. The summed E-state index contributed by atoms with van der Waals surface area (Å²) < 4.78 is 1.53. The number of carbonyl (C=O) groups is 3. The summed E-state index contributed by atoms with van der Waals surface area (Å²) in [5.74, 6) is -2.85. The molecule has 0 aliphatic heterocycles. The highest BCUT2D eigenvalue weighted by Crippen LogP contribution is 2.47. The van der Waals surface area contributed by atoms with Crippen LogP contribution in [0.25, 0.3) is 20.5 Å². The molecule has 0 aliphatic rings. The molecule has 0 saturated heterocycles. The summed E-state index contributed by atoms with van der Waals surface area (Å²) in [5.41, 5.74) is 8.06. The van der Waals surface area contributed by atoms with Gasteiger partial charge in [0, 0.05) is 16.7 Å². The lowest BCUT2D eigenvalue weighted by Crippen LogP contribution is -2.41. The van der Waals surface area contributed by atoms with E-state index >= 15 is 0 Å². The third-order valence-electron chi connectivity index (χ3n) is 5.17. The zero-order valence-corrected chi connectivity index (χ0v) is 19.4. The number of aliphatic carboxylic acids is 1. The van der Waals surface area contributed by atoms with Crippen LogP contribution in [0.1, 0.15) is 54.6 Å². The van der Waals surface area contributed by atoms with Crippen molar-refractivity contribution in [3.63, 3.8) is 0 Å². The Morgan fingerprint density at radius 2 is 1.78 bits per heavy atom. The molecule has 2 atom stereocenters. The average Bonchev–Trinajstić information content (AvgIpc) is 2.71. The first kappa shape index (κ1) is 23.6. The standard InChI is InChI=1S/C23H23N2O5S2/c1-11(2)8-17(22(28)25-12(3)23(29)30)16-9-13(10-26)19-20(32-31-19)18(16)14-6-4-5-7-15(14)21(24)27/h4-7,9,11-12,17H,8H2,1-3H3,(H2,24,27)(H,25,28)(H,29,30). The van der Waals surface area contributed by atoms with Gasteiger partial charge in [-0.3, -0.25) is 19.2 Å². The third-order valence-corrected chi connectivity index (χ3v) is 7.80. The van der Waals surface area contributed by atoms with Gasteiger partial charge in [0.15, 0.2) is 0 Å². The molecular formula is C23H23N2O5S2. The molecule has 1 aromatic heterocycles. The normalized spacial score (nSPS) is 13.1. The molecule has 3 aromatic rings. The van der Waals surface area contributed by atoms with Crippen LogP contribution in [0.3, 0.4) is 0 Å². The number of benzene rings is 2. The molecule has 0 aliphatic carbocycles. The monoisotopic (exact) mass is 471 g/mol. The van der Waals surface area contributed by atoms with Crippen molar-refractivity contribution in [2.24, 2.45) is 11.7 Å². The summed E-state index contributed by atoms with van der Waals surface area (Å²) in [6.07, 6.45) is 2.36. The van der Waals surface area contributed by atoms with E-state index in [1.165, 1.54) is 27.6 Å². The van der Waals surface area contributed by atoms with Crippen molar-refractivity contribution in [3.8, 4) is 11.1 Å². The van der Waals surface area contributed by atoms with Crippen LogP contribution >= 0.6 is 20.7 Å². The Kier molecular flexibility index (Phi) is 7.10. The predicted octanol–water partition coefficient (Wildman–Crippen LogP) is 3.91. The van der Waals surface area contributed by atoms with Crippen molar-refractivity contribution in [2.45, 2.75) is 39.2 Å². The van der Waals surface area contributed by atoms with Crippen molar-refractivity contribution >= 4 is 54.2 Å². The van der Waals surface area contributed by atoms with Gasteiger partial charge in [0.05, 0.1) is 15.3 Å². The van der Waals surface area contributed by atoms with E-state index < -0.39 is 29.7 Å². The number of carboxylic acids is 1. The maximum atomic E-state index is 13.2. The Morgan fingerprint density at radius 3 is 2.31 bits per heavy atom. The molecule has 2 aromatic carbocycles. The van der Waals surface area contributed by atoms with Crippen molar-refractivity contribution in [1.82, 2.24) is 5.32 Å². The molecule has 4 N–H and O–H groups in total. The highest BCUT2D eigenvalue weighted by molar-refractivity contribution is 7.78. The van der Waals surface area contributed by atoms with Gasteiger partial charge in [0.2, 0.25) is 18.1 Å². The van der Waals surface area contributed by atoms with E-state index in [2.05, 4.69) is 5.32 Å². The molecule has 0 saturated carbocycles. The summed E-state index contributed by atoms with van der Waals surface area (Å²) >= 11 is 0. The van der Waals surface area contributed by atoms with Gasteiger partial charge in [-0.25, -0.2) is 0 Å². The maximum absolute atomic E-state index is 13.2. The van der Waals surface area contributed by atoms with Crippen molar-refractivity contribution < 1.29 is 24.3 Å². The van der Waals surface area contributed by atoms with Gasteiger partial charge >= 0.3 is 5.97 Å². The summed E-state index contributed by atoms with van der Waals surface area (Å²) in [6.45, 7) is 5.30. The second-order valence-electron chi connectivity index (χ2n) is 7.98. The van der Waals surface area contributed by atoms with Gasteiger partial charge in [-0.2, -0.15) is 0 Å². The van der Waals surface area contributed by atoms with Crippen LogP contribution in [-0.4, -0.2) is 35.2 Å². The summed E-state index contributed by atoms with van der Waals surface area (Å²) in [7, 11) is 2.87. The number of amides is 2. The highest BCUT2D eigenvalue weighted by atomic mass is 32.9. The number of carbonyl (C=O) groups excluding carboxylic acids is 3. The largest absolute Gasteiger partial charge is 0.480 e. The smallest absolute Gasteiger partial charge is 0.325 e. The molecule has 0 fully saturated rings. The average molecular weight is 472 g/mol. The number of carboxylic acid groups (broad SMARTS) is 1. The minimum absolute atomic E-state index is 0.0990. The summed E-state index contributed by atoms with van der Waals surface area (Å²) in [5, 5.41) is 11.8. The lowest BCUT2D eigenvalue weighted by atomic mass is 9.82. The topological polar surface area (TPSA) is 127 Å². The van der Waals surface area contributed by atoms with Gasteiger partial charge in [0.25, 0.3) is 0 Å². The van der Waals surface area contributed by atoms with Crippen molar-refractivity contribution in [2.75, 3.05) is 0 Å². The maximum Gasteiger partial charge on any atom is 0.325 e. The van der Waals surface area contributed by atoms with Gasteiger partial charge in [-0.1, -0.05) is 52.7 Å². The zero-order chi connectivity index (χ0) is 23.6. The summed E-state index contributed by atoms with van der Waals surface area (Å²) in [6, 6.07) is 7.41. The quantitative estimate of drug-likeness (QED) is 0.408. The number of fused-ring (bicyclic) bond motifs is 1. The first-order valence-electron chi connectivity index (χ1n) is 10.0. The van der Waals surface area contributed by atoms with Gasteiger partial charge in [-0.15, -0.1) is 0 Å². The van der Waals surface area contributed by atoms with E-state index in [1.807, 2.05) is 20.1 Å². The Balaban J connectivity index is 2.29. The van der Waals surface area contributed by atoms with E-state index in [0.29, 0.717) is 34.2 Å². The second kappa shape index (κ2) is 9.62. The zero-order valence-electron chi connectivity index (χ0n) is 17.8. The molecule has 9 heteroatoms. The predicted molar refractivity (Wildman–Crippen MR) is 126 cm³/mol. The fourth-order valence-electron chi connectivity index (χ4n) is 3.64. The van der Waals surface area contributed by atoms with E-state index in [-0.39, 0.29) is 5.92 Å². The fraction of sp³-hybridized carbons (Fsp3) is 0.304. The number of primary amides is 1. The summed E-state index contributed by atoms with van der Waals surface area (Å²) in [4.78, 5) is 48.4. The van der Waals surface area contributed by atoms with E-state index in [1.54, 1.807) is 30.3 Å². The molecule has 2 unspecified atom stereocenters. The van der Waals surface area contributed by atoms with Gasteiger partial charge < -0.3 is 16.2 Å². The molecule has 32 heavy (non-hydrogen) atoms. The van der Waals surface area contributed by atoms with Crippen LogP contribution in [-0.2, 0) is 14.4 Å². The van der Waals surface area contributed by atoms with Gasteiger partial charge in [0.1, 0.15) is 6.04 Å². The molecular weight excluding hydrogens is 448 g/mol. The number of rotatable bonds is 9. The molecule has 167 valence electrons. The Morgan fingerprint density at radius 1 is 1.12 bits per heavy atom. The van der Waals surface area contributed by atoms with E-state index in [9.17, 15) is 24.3 Å². The SMILES string of the molecule is CC(C)CC(C(=O)NC(C)C(=O)O)c1cc([C]=O)c2ssc2c1-c1ccccc1C(N)=O. The van der Waals surface area contributed by atoms with Crippen molar-refractivity contribution in [3.05, 3.63) is 47.0 Å². The van der Waals surface area contributed by atoms with Crippen LogP contribution in [0.15, 0.2) is 30.3 Å². The Labute approximate surface area is 192 Å².